The zero-order valence-corrected chi connectivity index (χ0v) is 10.9. The van der Waals surface area contributed by atoms with Gasteiger partial charge in [-0.25, -0.2) is 4.98 Å². The molecule has 0 aliphatic carbocycles. The predicted octanol–water partition coefficient (Wildman–Crippen LogP) is 3.53. The Kier molecular flexibility index (Phi) is 2.99. The first-order valence-corrected chi connectivity index (χ1v) is 6.57. The molecule has 1 aliphatic rings. The summed E-state index contributed by atoms with van der Waals surface area (Å²) < 4.78 is 6.57. The molecule has 4 heteroatoms. The summed E-state index contributed by atoms with van der Waals surface area (Å²) in [4.78, 5) is 4.56. The number of hydrogen-bond acceptors (Lipinski definition) is 3. The van der Waals surface area contributed by atoms with Gasteiger partial charge in [-0.3, -0.25) is 0 Å². The molecule has 1 unspecified atom stereocenters. The lowest BCUT2D eigenvalue weighted by Gasteiger charge is -2.03. The van der Waals surface area contributed by atoms with Crippen LogP contribution in [-0.4, -0.2) is 11.5 Å². The number of halogens is 1. The molecule has 1 aromatic heterocycles. The minimum Gasteiger partial charge on any atom is -0.444 e. The van der Waals surface area contributed by atoms with Gasteiger partial charge in [0.15, 0.2) is 0 Å². The second-order valence-electron chi connectivity index (χ2n) is 4.21. The van der Waals surface area contributed by atoms with Crippen molar-refractivity contribution < 1.29 is 4.42 Å². The van der Waals surface area contributed by atoms with Crippen LogP contribution in [0.25, 0.3) is 11.5 Å². The molecule has 1 aliphatic heterocycles. The number of benzene rings is 1. The van der Waals surface area contributed by atoms with E-state index in [-0.39, 0.29) is 0 Å². The molecule has 2 heterocycles. The molecule has 0 bridgehead atoms. The van der Waals surface area contributed by atoms with E-state index in [1.165, 1.54) is 6.42 Å². The zero-order chi connectivity index (χ0) is 11.7. The Morgan fingerprint density at radius 2 is 2.24 bits per heavy atom. The van der Waals surface area contributed by atoms with Crippen molar-refractivity contribution in [1.29, 1.82) is 0 Å². The molecule has 2 aromatic rings. The molecule has 1 N–H and O–H groups in total. The van der Waals surface area contributed by atoms with E-state index < -0.39 is 0 Å². The first kappa shape index (κ1) is 11.0. The van der Waals surface area contributed by atoms with E-state index in [9.17, 15) is 0 Å². The van der Waals surface area contributed by atoms with Gasteiger partial charge < -0.3 is 9.73 Å². The molecule has 17 heavy (non-hydrogen) atoms. The molecule has 0 radical (unpaired) electrons. The first-order valence-electron chi connectivity index (χ1n) is 5.78. The molecule has 0 amide bonds. The van der Waals surface area contributed by atoms with Gasteiger partial charge in [0.2, 0.25) is 5.89 Å². The molecule has 0 spiro atoms. The van der Waals surface area contributed by atoms with Gasteiger partial charge in [0, 0.05) is 4.47 Å². The normalized spacial score (nSPS) is 19.7. The number of oxazole rings is 1. The van der Waals surface area contributed by atoms with E-state index in [0.717, 1.165) is 28.7 Å². The largest absolute Gasteiger partial charge is 0.444 e. The van der Waals surface area contributed by atoms with Crippen LogP contribution in [0.1, 0.15) is 24.6 Å². The van der Waals surface area contributed by atoms with Gasteiger partial charge >= 0.3 is 0 Å². The summed E-state index contributed by atoms with van der Waals surface area (Å²) in [5.41, 5.74) is 2.00. The molecule has 1 saturated heterocycles. The number of nitrogens with one attached hydrogen (secondary N) is 1. The molecular formula is C13H13BrN2O. The van der Waals surface area contributed by atoms with Crippen molar-refractivity contribution >= 4 is 15.9 Å². The Balaban J connectivity index is 1.92. The quantitative estimate of drug-likeness (QED) is 0.920. The van der Waals surface area contributed by atoms with E-state index >= 15 is 0 Å². The van der Waals surface area contributed by atoms with Crippen LogP contribution in [0.4, 0.5) is 0 Å². The fourth-order valence-corrected chi connectivity index (χ4v) is 2.60. The van der Waals surface area contributed by atoms with Gasteiger partial charge in [-0.05, 0) is 47.4 Å². The highest BCUT2D eigenvalue weighted by Crippen LogP contribution is 2.30. The summed E-state index contributed by atoms with van der Waals surface area (Å²) in [6, 6.07) is 8.32. The standard InChI is InChI=1S/C13H13BrN2O/c14-10-5-2-1-4-9(10)13-16-12(8-17-13)11-6-3-7-15-11/h1-2,4-5,8,11,15H,3,6-7H2. The summed E-state index contributed by atoms with van der Waals surface area (Å²) in [5.74, 6) is 0.682. The second kappa shape index (κ2) is 4.63. The first-order chi connectivity index (χ1) is 8.34. The lowest BCUT2D eigenvalue weighted by molar-refractivity contribution is 0.563. The summed E-state index contributed by atoms with van der Waals surface area (Å²) in [7, 11) is 0. The Labute approximate surface area is 108 Å². The summed E-state index contributed by atoms with van der Waals surface area (Å²) >= 11 is 3.51. The molecule has 1 atom stereocenters. The van der Waals surface area contributed by atoms with E-state index in [0.29, 0.717) is 11.9 Å². The van der Waals surface area contributed by atoms with Gasteiger partial charge in [0.1, 0.15) is 6.26 Å². The van der Waals surface area contributed by atoms with Crippen molar-refractivity contribution in [2.24, 2.45) is 0 Å². The topological polar surface area (TPSA) is 38.1 Å². The highest BCUT2D eigenvalue weighted by Gasteiger charge is 2.20. The van der Waals surface area contributed by atoms with Crippen LogP contribution in [0.15, 0.2) is 39.4 Å². The minimum atomic E-state index is 0.356. The molecule has 88 valence electrons. The number of nitrogens with zero attached hydrogens (tertiary/aromatic N) is 1. The maximum absolute atomic E-state index is 5.56. The Morgan fingerprint density at radius 1 is 1.35 bits per heavy atom. The van der Waals surface area contributed by atoms with Crippen LogP contribution < -0.4 is 5.32 Å². The smallest absolute Gasteiger partial charge is 0.227 e. The number of hydrogen-bond donors (Lipinski definition) is 1. The molecule has 1 aromatic carbocycles. The number of aromatic nitrogens is 1. The van der Waals surface area contributed by atoms with E-state index in [1.807, 2.05) is 24.3 Å². The summed E-state index contributed by atoms with van der Waals surface area (Å²) in [6.07, 6.45) is 4.11. The lowest BCUT2D eigenvalue weighted by atomic mass is 10.2. The van der Waals surface area contributed by atoms with Gasteiger partial charge in [0.05, 0.1) is 17.3 Å². The molecule has 3 rings (SSSR count). The number of rotatable bonds is 2. The zero-order valence-electron chi connectivity index (χ0n) is 9.32. The fourth-order valence-electron chi connectivity index (χ4n) is 2.14. The van der Waals surface area contributed by atoms with Crippen LogP contribution in [0.3, 0.4) is 0 Å². The van der Waals surface area contributed by atoms with Crippen molar-refractivity contribution in [2.45, 2.75) is 18.9 Å². The van der Waals surface area contributed by atoms with Crippen LogP contribution in [0.5, 0.6) is 0 Å². The maximum Gasteiger partial charge on any atom is 0.227 e. The Bertz CT molecular complexity index is 518. The predicted molar refractivity (Wildman–Crippen MR) is 69.6 cm³/mol. The van der Waals surface area contributed by atoms with Gasteiger partial charge in [0.25, 0.3) is 0 Å². The van der Waals surface area contributed by atoms with Gasteiger partial charge in [-0.1, -0.05) is 12.1 Å². The third-order valence-electron chi connectivity index (χ3n) is 3.04. The average molecular weight is 293 g/mol. The molecule has 3 nitrogen and oxygen atoms in total. The SMILES string of the molecule is Brc1ccccc1-c1nc(C2CCCN2)co1. The van der Waals surface area contributed by atoms with Crippen molar-refractivity contribution in [3.05, 3.63) is 40.7 Å². The van der Waals surface area contributed by atoms with Crippen molar-refractivity contribution in [2.75, 3.05) is 6.54 Å². The lowest BCUT2D eigenvalue weighted by Crippen LogP contribution is -2.12. The van der Waals surface area contributed by atoms with Crippen molar-refractivity contribution in [3.63, 3.8) is 0 Å². The average Bonchev–Trinajstić information content (AvgIpc) is 3.00. The van der Waals surface area contributed by atoms with Crippen molar-refractivity contribution in [1.82, 2.24) is 10.3 Å². The van der Waals surface area contributed by atoms with Crippen LogP contribution >= 0.6 is 15.9 Å². The van der Waals surface area contributed by atoms with E-state index in [4.69, 9.17) is 4.42 Å². The van der Waals surface area contributed by atoms with Crippen molar-refractivity contribution in [3.8, 4) is 11.5 Å². The monoisotopic (exact) mass is 292 g/mol. The molecule has 1 fully saturated rings. The highest BCUT2D eigenvalue weighted by atomic mass is 79.9. The maximum atomic E-state index is 5.56. The molecular weight excluding hydrogens is 280 g/mol. The van der Waals surface area contributed by atoms with Crippen LogP contribution in [0, 0.1) is 0 Å². The third-order valence-corrected chi connectivity index (χ3v) is 3.74. The Hall–Kier alpha value is -1.13. The fraction of sp³-hybridized carbons (Fsp3) is 0.308. The van der Waals surface area contributed by atoms with Gasteiger partial charge in [-0.15, -0.1) is 0 Å². The van der Waals surface area contributed by atoms with Crippen LogP contribution in [0.2, 0.25) is 0 Å². The minimum absolute atomic E-state index is 0.356. The third kappa shape index (κ3) is 2.15. The summed E-state index contributed by atoms with van der Waals surface area (Å²) in [5, 5.41) is 3.42. The highest BCUT2D eigenvalue weighted by molar-refractivity contribution is 9.10. The second-order valence-corrected chi connectivity index (χ2v) is 5.06. The van der Waals surface area contributed by atoms with E-state index in [2.05, 4.69) is 26.2 Å². The summed E-state index contributed by atoms with van der Waals surface area (Å²) in [6.45, 7) is 1.07. The van der Waals surface area contributed by atoms with E-state index in [1.54, 1.807) is 6.26 Å². The van der Waals surface area contributed by atoms with Gasteiger partial charge in [-0.2, -0.15) is 0 Å². The Morgan fingerprint density at radius 3 is 3.00 bits per heavy atom. The van der Waals surface area contributed by atoms with Crippen LogP contribution in [-0.2, 0) is 0 Å². The molecule has 0 saturated carbocycles.